The van der Waals surface area contributed by atoms with Gasteiger partial charge in [-0.25, -0.2) is 0 Å². The van der Waals surface area contributed by atoms with E-state index >= 15 is 0 Å². The number of nitriles is 1. The smallest absolute Gasteiger partial charge is 0.0624 e. The third kappa shape index (κ3) is 4.12. The maximum Gasteiger partial charge on any atom is 0.0624 e. The SMILES string of the molecule is N#CCCC=CCc1ccccc1. The molecule has 13 heavy (non-hydrogen) atoms. The lowest BCUT2D eigenvalue weighted by Gasteiger charge is -1.93. The Morgan fingerprint density at radius 3 is 2.62 bits per heavy atom. The minimum Gasteiger partial charge on any atom is -0.198 e. The Labute approximate surface area is 79.3 Å². The van der Waals surface area contributed by atoms with Crippen molar-refractivity contribution >= 4 is 0 Å². The highest BCUT2D eigenvalue weighted by Gasteiger charge is 1.85. The fraction of sp³-hybridized carbons (Fsp3) is 0.250. The van der Waals surface area contributed by atoms with Gasteiger partial charge < -0.3 is 0 Å². The molecule has 1 heteroatoms. The van der Waals surface area contributed by atoms with Gasteiger partial charge in [0.1, 0.15) is 0 Å². The van der Waals surface area contributed by atoms with Crippen LogP contribution in [0, 0.1) is 11.3 Å². The van der Waals surface area contributed by atoms with Gasteiger partial charge in [0.15, 0.2) is 0 Å². The second-order valence-corrected chi connectivity index (χ2v) is 2.86. The third-order valence-electron chi connectivity index (χ3n) is 1.79. The summed E-state index contributed by atoms with van der Waals surface area (Å²) >= 11 is 0. The maximum atomic E-state index is 8.30. The van der Waals surface area contributed by atoms with E-state index in [0.29, 0.717) is 6.42 Å². The molecule has 1 aromatic rings. The van der Waals surface area contributed by atoms with Gasteiger partial charge in [0.25, 0.3) is 0 Å². The normalized spacial score (nSPS) is 10.1. The van der Waals surface area contributed by atoms with Gasteiger partial charge in [-0.2, -0.15) is 5.26 Å². The van der Waals surface area contributed by atoms with Crippen molar-refractivity contribution in [2.45, 2.75) is 19.3 Å². The monoisotopic (exact) mass is 171 g/mol. The van der Waals surface area contributed by atoms with E-state index in [-0.39, 0.29) is 0 Å². The van der Waals surface area contributed by atoms with Crippen molar-refractivity contribution in [2.24, 2.45) is 0 Å². The van der Waals surface area contributed by atoms with Gasteiger partial charge in [-0.1, -0.05) is 42.5 Å². The van der Waals surface area contributed by atoms with E-state index < -0.39 is 0 Å². The van der Waals surface area contributed by atoms with Crippen LogP contribution in [0.25, 0.3) is 0 Å². The lowest BCUT2D eigenvalue weighted by molar-refractivity contribution is 1.05. The van der Waals surface area contributed by atoms with Crippen LogP contribution in [-0.4, -0.2) is 0 Å². The van der Waals surface area contributed by atoms with E-state index in [1.54, 1.807) is 0 Å². The Morgan fingerprint density at radius 1 is 1.15 bits per heavy atom. The van der Waals surface area contributed by atoms with Crippen LogP contribution in [0.3, 0.4) is 0 Å². The number of benzene rings is 1. The highest BCUT2D eigenvalue weighted by atomic mass is 14.2. The molecule has 0 N–H and O–H groups in total. The molecule has 0 radical (unpaired) electrons. The Bertz CT molecular complexity index is 293. The van der Waals surface area contributed by atoms with Crippen molar-refractivity contribution in [1.29, 1.82) is 5.26 Å². The Morgan fingerprint density at radius 2 is 1.92 bits per heavy atom. The number of hydrogen-bond acceptors (Lipinski definition) is 1. The lowest BCUT2D eigenvalue weighted by Crippen LogP contribution is -1.78. The van der Waals surface area contributed by atoms with Crippen LogP contribution in [0.1, 0.15) is 18.4 Å². The molecule has 1 nitrogen and oxygen atoms in total. The number of nitrogens with zero attached hydrogens (tertiary/aromatic N) is 1. The number of rotatable bonds is 4. The summed E-state index contributed by atoms with van der Waals surface area (Å²) in [7, 11) is 0. The molecule has 0 atom stereocenters. The van der Waals surface area contributed by atoms with Gasteiger partial charge >= 0.3 is 0 Å². The van der Waals surface area contributed by atoms with Crippen LogP contribution in [0.4, 0.5) is 0 Å². The van der Waals surface area contributed by atoms with Crippen molar-refractivity contribution < 1.29 is 0 Å². The molecule has 1 rings (SSSR count). The summed E-state index contributed by atoms with van der Waals surface area (Å²) in [6.45, 7) is 0. The quantitative estimate of drug-likeness (QED) is 0.504. The minimum absolute atomic E-state index is 0.616. The van der Waals surface area contributed by atoms with Crippen LogP contribution in [-0.2, 0) is 6.42 Å². The zero-order chi connectivity index (χ0) is 9.36. The number of allylic oxidation sites excluding steroid dienone is 2. The zero-order valence-corrected chi connectivity index (χ0v) is 7.61. The molecule has 0 fully saturated rings. The van der Waals surface area contributed by atoms with Crippen molar-refractivity contribution in [3.63, 3.8) is 0 Å². The Kier molecular flexibility index (Phi) is 4.42. The highest BCUT2D eigenvalue weighted by molar-refractivity contribution is 5.17. The summed E-state index contributed by atoms with van der Waals surface area (Å²) in [4.78, 5) is 0. The molecule has 1 aromatic carbocycles. The standard InChI is InChI=1S/C12H13N/c13-11-7-2-1-4-8-12-9-5-3-6-10-12/h1,3-6,9-10H,2,7-8H2. The topological polar surface area (TPSA) is 23.8 Å². The first kappa shape index (κ1) is 9.54. The van der Waals surface area contributed by atoms with Crippen LogP contribution < -0.4 is 0 Å². The van der Waals surface area contributed by atoms with Crippen LogP contribution in [0.2, 0.25) is 0 Å². The van der Waals surface area contributed by atoms with Crippen LogP contribution in [0.15, 0.2) is 42.5 Å². The molecule has 0 unspecified atom stereocenters. The first-order valence-corrected chi connectivity index (χ1v) is 4.49. The molecule has 0 amide bonds. The fourth-order valence-electron chi connectivity index (χ4n) is 1.10. The number of hydrogen-bond donors (Lipinski definition) is 0. The van der Waals surface area contributed by atoms with Crippen LogP contribution in [0.5, 0.6) is 0 Å². The van der Waals surface area contributed by atoms with Crippen molar-refractivity contribution in [1.82, 2.24) is 0 Å². The molecule has 0 aliphatic carbocycles. The summed E-state index contributed by atoms with van der Waals surface area (Å²) in [5, 5.41) is 8.30. The molecule has 66 valence electrons. The maximum absolute atomic E-state index is 8.30. The van der Waals surface area contributed by atoms with Gasteiger partial charge in [-0.3, -0.25) is 0 Å². The van der Waals surface area contributed by atoms with E-state index in [1.807, 2.05) is 18.2 Å². The minimum atomic E-state index is 0.616. The summed E-state index contributed by atoms with van der Waals surface area (Å²) in [6, 6.07) is 12.4. The van der Waals surface area contributed by atoms with Crippen molar-refractivity contribution in [3.8, 4) is 6.07 Å². The van der Waals surface area contributed by atoms with Gasteiger partial charge in [-0.05, 0) is 18.4 Å². The molecular weight excluding hydrogens is 158 g/mol. The fourth-order valence-corrected chi connectivity index (χ4v) is 1.10. The summed E-state index contributed by atoms with van der Waals surface area (Å²) < 4.78 is 0. The van der Waals surface area contributed by atoms with E-state index in [9.17, 15) is 0 Å². The summed E-state index contributed by atoms with van der Waals surface area (Å²) in [5.41, 5.74) is 1.32. The molecule has 0 aliphatic rings. The predicted octanol–water partition coefficient (Wildman–Crippen LogP) is 3.09. The van der Waals surface area contributed by atoms with E-state index in [1.165, 1.54) is 5.56 Å². The average Bonchev–Trinajstić information content (AvgIpc) is 2.19. The highest BCUT2D eigenvalue weighted by Crippen LogP contribution is 2.00. The van der Waals surface area contributed by atoms with Gasteiger partial charge in [0.05, 0.1) is 6.07 Å². The second-order valence-electron chi connectivity index (χ2n) is 2.86. The third-order valence-corrected chi connectivity index (χ3v) is 1.79. The van der Waals surface area contributed by atoms with E-state index in [2.05, 4.69) is 30.4 Å². The molecular formula is C12H13N. The van der Waals surface area contributed by atoms with Gasteiger partial charge in [-0.15, -0.1) is 0 Å². The first-order chi connectivity index (χ1) is 6.43. The molecule has 0 spiro atoms. The van der Waals surface area contributed by atoms with Crippen molar-refractivity contribution in [3.05, 3.63) is 48.0 Å². The molecule has 0 saturated heterocycles. The van der Waals surface area contributed by atoms with Gasteiger partial charge in [0.2, 0.25) is 0 Å². The summed E-state index contributed by atoms with van der Waals surface area (Å²) in [6.07, 6.45) is 6.63. The largest absolute Gasteiger partial charge is 0.198 e. The number of unbranched alkanes of at least 4 members (excludes halogenated alkanes) is 1. The summed E-state index contributed by atoms with van der Waals surface area (Å²) in [5.74, 6) is 0. The molecule has 0 aliphatic heterocycles. The Hall–Kier alpha value is -1.55. The zero-order valence-electron chi connectivity index (χ0n) is 7.61. The first-order valence-electron chi connectivity index (χ1n) is 4.49. The predicted molar refractivity (Wildman–Crippen MR) is 54.1 cm³/mol. The van der Waals surface area contributed by atoms with Crippen LogP contribution >= 0.6 is 0 Å². The van der Waals surface area contributed by atoms with Crippen molar-refractivity contribution in [2.75, 3.05) is 0 Å². The molecule has 0 saturated carbocycles. The van der Waals surface area contributed by atoms with E-state index in [4.69, 9.17) is 5.26 Å². The second kappa shape index (κ2) is 6.02. The van der Waals surface area contributed by atoms with E-state index in [0.717, 1.165) is 12.8 Å². The van der Waals surface area contributed by atoms with Gasteiger partial charge in [0, 0.05) is 6.42 Å². The molecule has 0 bridgehead atoms. The average molecular weight is 171 g/mol. The molecule has 0 heterocycles. The Balaban J connectivity index is 2.28. The molecule has 0 aromatic heterocycles. The lowest BCUT2D eigenvalue weighted by atomic mass is 10.1.